The fraction of sp³-hybridized carbons (Fsp3) is 0.558. The number of aliphatic hydroxyl groups excluding tert-OH is 1. The number of thioether (sulfide) groups is 1. The van der Waals surface area contributed by atoms with E-state index in [1.807, 2.05) is 193 Å². The summed E-state index contributed by atoms with van der Waals surface area (Å²) in [7, 11) is -8.32. The number of benzene rings is 6. The topological polar surface area (TPSA) is 305 Å². The minimum absolute atomic E-state index is 0. The minimum Gasteiger partial charge on any atom is -0.492 e. The number of sulfonamides is 2. The van der Waals surface area contributed by atoms with Crippen LogP contribution in [0.3, 0.4) is 0 Å². The van der Waals surface area contributed by atoms with Crippen molar-refractivity contribution in [3.63, 3.8) is 0 Å². The number of hydrogen-bond donors (Lipinski definition) is 3. The van der Waals surface area contributed by atoms with Gasteiger partial charge >= 0.3 is 18.1 Å². The predicted octanol–water partition coefficient (Wildman–Crippen LogP) is 23.9. The van der Waals surface area contributed by atoms with Crippen molar-refractivity contribution < 1.29 is 102 Å². The van der Waals surface area contributed by atoms with Gasteiger partial charge in [0.2, 0.25) is 16.8 Å². The van der Waals surface area contributed by atoms with E-state index >= 15 is 0 Å². The second-order valence-corrected chi connectivity index (χ2v) is 48.5. The van der Waals surface area contributed by atoms with Gasteiger partial charge in [-0.25, -0.2) is 23.2 Å². The third-order valence-corrected chi connectivity index (χ3v) is 30.9. The van der Waals surface area contributed by atoms with Crippen LogP contribution in [0, 0.1) is 48.9 Å². The number of halogens is 3. The monoisotopic (exact) mass is 2090 g/mol. The Hall–Kier alpha value is -9.48. The number of alkyl halides is 3. The highest BCUT2D eigenvalue weighted by Gasteiger charge is 2.49. The second kappa shape index (κ2) is 52.1. The van der Waals surface area contributed by atoms with E-state index in [1.54, 1.807) is 47.4 Å². The number of fused-ring (bicyclic) bond motifs is 3. The highest BCUT2D eigenvalue weighted by molar-refractivity contribution is 7.99. The van der Waals surface area contributed by atoms with Gasteiger partial charge < -0.3 is 57.8 Å². The number of Topliss-reactive ketones (excluding diaryl/α,β-unsaturated/α-hetero) is 1. The lowest BCUT2D eigenvalue weighted by molar-refractivity contribution is -0.163. The van der Waals surface area contributed by atoms with Crippen molar-refractivity contribution in [3.05, 3.63) is 225 Å². The average Bonchev–Trinajstić information content (AvgIpc) is 1.44. The highest BCUT2D eigenvalue weighted by atomic mass is 32.2. The molecule has 3 N–H and O–H groups in total. The van der Waals surface area contributed by atoms with Gasteiger partial charge in [0, 0.05) is 96.0 Å². The highest BCUT2D eigenvalue weighted by Crippen LogP contribution is 2.47. The summed E-state index contributed by atoms with van der Waals surface area (Å²) in [4.78, 5) is 66.6. The maximum Gasteiger partial charge on any atom is 0.417 e. The first-order valence-corrected chi connectivity index (χ1v) is 54.5. The molecule has 145 heavy (non-hydrogen) atoms. The number of aryl methyl sites for hydroxylation is 2. The lowest BCUT2D eigenvalue weighted by Gasteiger charge is -2.47. The zero-order valence-electron chi connectivity index (χ0n) is 85.4. The first-order chi connectivity index (χ1) is 67.0. The first-order valence-electron chi connectivity index (χ1n) is 49.7. The van der Waals surface area contributed by atoms with Crippen LogP contribution in [0.2, 0.25) is 0 Å². The number of β-amino-alcohol motifs (C(OH)–C–C–N with tert-alkyl or cyclic N) is 1. The summed E-state index contributed by atoms with van der Waals surface area (Å²) in [5.41, 5.74) is 1.97. The lowest BCUT2D eigenvalue weighted by Crippen LogP contribution is -2.57. The van der Waals surface area contributed by atoms with Crippen LogP contribution in [0.4, 0.5) is 18.9 Å². The maximum atomic E-state index is 14.3. The summed E-state index contributed by atoms with van der Waals surface area (Å²) in [5, 5.41) is 17.4. The number of rotatable bonds is 39. The number of nitrogens with zero attached hydrogens (tertiary/aromatic N) is 4. The molecule has 14 rings (SSSR count). The fourth-order valence-corrected chi connectivity index (χ4v) is 23.6. The molecule has 6 aromatic carbocycles. The molecule has 32 heteroatoms. The molecule has 1 saturated carbocycles. The van der Waals surface area contributed by atoms with Crippen LogP contribution in [-0.4, -0.2) is 176 Å². The largest absolute Gasteiger partial charge is 0.492 e. The summed E-state index contributed by atoms with van der Waals surface area (Å²) in [6.07, 6.45) is 4.79. The van der Waals surface area contributed by atoms with E-state index in [2.05, 4.69) is 64.7 Å². The Morgan fingerprint density at radius 2 is 1.43 bits per heavy atom. The number of cyclic esters (lactones) is 1. The zero-order valence-corrected chi connectivity index (χ0v) is 88.7. The van der Waals surface area contributed by atoms with E-state index in [9.17, 15) is 54.3 Å². The molecule has 0 radical (unpaired) electrons. The Kier molecular flexibility index (Phi) is 42.8. The zero-order chi connectivity index (χ0) is 103. The number of pyridine rings is 1. The molecule has 3 saturated heterocycles. The van der Waals surface area contributed by atoms with Crippen molar-refractivity contribution >= 4 is 72.5 Å². The summed E-state index contributed by atoms with van der Waals surface area (Å²) < 4.78 is 157. The summed E-state index contributed by atoms with van der Waals surface area (Å²) in [6.45, 7) is 38.4. The van der Waals surface area contributed by atoms with E-state index in [0.29, 0.717) is 134 Å². The molecule has 2 aromatic heterocycles. The van der Waals surface area contributed by atoms with Crippen molar-refractivity contribution in [2.24, 2.45) is 35.0 Å². The number of likely N-dealkylation sites (tertiary alicyclic amines) is 1. The molecule has 6 aliphatic rings. The number of ether oxygens (including phenoxy) is 10. The smallest absolute Gasteiger partial charge is 0.417 e. The van der Waals surface area contributed by atoms with Gasteiger partial charge in [0.25, 0.3) is 15.9 Å². The minimum atomic E-state index is -4.64. The number of piperidine rings is 1. The molecule has 1 amide bonds. The van der Waals surface area contributed by atoms with Crippen LogP contribution in [0.25, 0.3) is 0 Å². The van der Waals surface area contributed by atoms with Gasteiger partial charge in [-0.2, -0.15) is 25.9 Å². The maximum absolute atomic E-state index is 14.3. The van der Waals surface area contributed by atoms with Crippen molar-refractivity contribution in [1.29, 1.82) is 0 Å². The van der Waals surface area contributed by atoms with Gasteiger partial charge in [-0.3, -0.25) is 24.0 Å². The summed E-state index contributed by atoms with van der Waals surface area (Å²) in [6, 6.07) is 45.4. The van der Waals surface area contributed by atoms with Gasteiger partial charge in [-0.15, -0.1) is 23.1 Å². The normalized spacial score (nSPS) is 20.2. The summed E-state index contributed by atoms with van der Waals surface area (Å²) in [5.74, 6) is 2.76. The molecule has 8 aromatic rings. The molecule has 0 spiro atoms. The van der Waals surface area contributed by atoms with Crippen molar-refractivity contribution in [1.82, 2.24) is 24.5 Å². The SMILES string of the molecule is C.C.C.CCC[C@@]1(CCc2ccccc2)CC(OC(C)(C)C)=C([C@H](CC)c2cccc(NS(=O)(=O)c3ccc(C(F)(F)F)cn3)c2)C(=O)O1.Cc1c(OC(C)(C)C)cccc1C(=O)N[C@@H](CSc1ccccc1)[C@H](O)CN1C[C@H]2CCCC[C@H]2C[C@H]1C(=O)CC(C)(C)C.Cc1nc(COc2ccc(C[C@H](CC(=O)O[C@H]3CO[C@H]4OCC[C@H]43)[C@@H](CN(CC(C)C)S(=O)(=O)c3ccc4c(c3)OCO4)OC(C)(C)C)cc2)cs1. The lowest BCUT2D eigenvalue weighted by atomic mass is 9.71. The number of esters is 2. The fourth-order valence-electron chi connectivity index (χ4n) is 19.3. The average molecular weight is 2090 g/mol. The number of anilines is 1. The van der Waals surface area contributed by atoms with Crippen LogP contribution < -0.4 is 29.0 Å². The Morgan fingerprint density at radius 3 is 2.06 bits per heavy atom. The van der Waals surface area contributed by atoms with Gasteiger partial charge in [-0.1, -0.05) is 175 Å². The number of aromatic nitrogens is 2. The number of nitrogens with one attached hydrogen (secondary N) is 2. The van der Waals surface area contributed by atoms with Crippen LogP contribution in [-0.2, 0) is 88.5 Å². The van der Waals surface area contributed by atoms with Crippen LogP contribution in [0.5, 0.6) is 23.0 Å². The Labute approximate surface area is 868 Å². The number of hydrogen-bond acceptors (Lipinski definition) is 24. The number of carbonyl (C=O) groups excluding carboxylic acids is 4. The van der Waals surface area contributed by atoms with Crippen molar-refractivity contribution in [2.45, 2.75) is 336 Å². The number of aliphatic hydroxyl groups is 1. The van der Waals surface area contributed by atoms with Crippen LogP contribution in [0.15, 0.2) is 195 Å². The quantitative estimate of drug-likeness (QED) is 0.0238. The van der Waals surface area contributed by atoms with Crippen molar-refractivity contribution in [3.8, 4) is 23.0 Å². The molecule has 0 unspecified atom stereocenters. The molecule has 12 atom stereocenters. The van der Waals surface area contributed by atoms with Gasteiger partial charge in [0.15, 0.2) is 22.8 Å². The van der Waals surface area contributed by atoms with Crippen molar-refractivity contribution in [2.75, 3.05) is 56.7 Å². The molecular weight excluding hydrogens is 1930 g/mol. The van der Waals surface area contributed by atoms with E-state index in [0.717, 1.165) is 70.6 Å². The molecule has 7 heterocycles. The number of ketones is 1. The van der Waals surface area contributed by atoms with Crippen LogP contribution >= 0.6 is 23.1 Å². The van der Waals surface area contributed by atoms with E-state index < -0.39 is 101 Å². The molecule has 25 nitrogen and oxygen atoms in total. The third-order valence-electron chi connectivity index (χ3n) is 25.8. The Morgan fingerprint density at radius 1 is 0.745 bits per heavy atom. The standard InChI is InChI=1S/C38H50N2O10S2.C37H54N2O4S.C35H41F3N2O5S.3CH4/c1-24(2)18-40(52(42,43)30-11-12-32-33(17-30)48-23-47-32)19-34(50-38(4,5)6)27(16-36(41)49-35-21-46-37-31(35)13-14-44-37)15-26-7-9-29(10-8-26)45-20-28-22-51-25(3)39-28;1-25-29(18-13-19-34(25)43-37(5,6)7)35(42)38-30(24-44-28-16-9-8-10-17-28)33(41)23-39-22-27-15-12-11-14-26(27)20-31(39)32(40)21-36(2,3)4;1-6-19-34(20-18-24-12-9-8-10-13-24)22-29(44-33(3,4)5)31(32(41)45-34)28(7-2)25-14-11-15-27(21-25)40-46(42,43)30-17-16-26(23-39-30)35(36,37)38;;;/h7-12,17,22,24,27,31,34-35,37H,13-16,18-21,23H2,1-6H3;8-10,13,16-19,26-27,30-31,33,41H,11-12,14-15,20-24H2,1-7H3,(H,38,42);8-17,21,23,28,40H,6-7,18-20,22H2,1-5H3;3*1H4/t27-,31+,34-,35+,37-;26-,27+,30-,31-,33+;28-,34-;;;/m101.../s1. The van der Waals surface area contributed by atoms with Gasteiger partial charge in [-0.05, 0) is 240 Å². The summed E-state index contributed by atoms with van der Waals surface area (Å²) >= 11 is 3.20. The van der Waals surface area contributed by atoms with Gasteiger partial charge in [0.1, 0.15) is 52.6 Å². The molecular formula is C113H157F3N6O19S4. The second-order valence-electron chi connectivity index (χ2n) is 42.8. The van der Waals surface area contributed by atoms with Gasteiger partial charge in [0.05, 0.1) is 82.2 Å². The molecule has 1 aliphatic carbocycles. The van der Waals surface area contributed by atoms with E-state index in [4.69, 9.17) is 47.4 Å². The first kappa shape index (κ1) is 119. The molecule has 4 fully saturated rings. The molecule has 798 valence electrons. The third kappa shape index (κ3) is 34.5. The van der Waals surface area contributed by atoms with E-state index in [1.165, 1.54) is 48.2 Å². The molecule has 5 aliphatic heterocycles. The number of thiazole rings is 1. The predicted molar refractivity (Wildman–Crippen MR) is 565 cm³/mol. The number of amides is 1. The van der Waals surface area contributed by atoms with Crippen LogP contribution in [0.1, 0.15) is 271 Å². The number of carbonyl (C=O) groups is 4. The Bertz CT molecular complexity index is 5790. The Balaban J connectivity index is 0.000000241. The van der Waals surface area contributed by atoms with E-state index in [-0.39, 0.29) is 113 Å². The molecule has 0 bridgehead atoms.